The quantitative estimate of drug-likeness (QED) is 0.276. The zero-order valence-corrected chi connectivity index (χ0v) is 19.9. The summed E-state index contributed by atoms with van der Waals surface area (Å²) in [5, 5.41) is 10.3. The van der Waals surface area contributed by atoms with Crippen LogP contribution in [0.25, 0.3) is 10.2 Å². The van der Waals surface area contributed by atoms with Gasteiger partial charge in [-0.15, -0.1) is 11.8 Å². The highest BCUT2D eigenvalue weighted by molar-refractivity contribution is 7.98. The van der Waals surface area contributed by atoms with Gasteiger partial charge in [0.25, 0.3) is 5.91 Å². The number of aromatic nitrogens is 3. The number of amidine groups is 1. The molecule has 1 amide bonds. The van der Waals surface area contributed by atoms with Crippen LogP contribution in [0.15, 0.2) is 52.9 Å². The SMILES string of the molecule is C=C1N=C(CNC(=O)c2ccc3nc(NC[C@@H](C)CNc4ncc(SC)cn4)sc3c2)NN1. The summed E-state index contributed by atoms with van der Waals surface area (Å²) in [5.41, 5.74) is 7.06. The number of nitrogens with one attached hydrogen (secondary N) is 5. The number of carbonyl (C=O) groups excluding carboxylic acids is 1. The second kappa shape index (κ2) is 10.5. The van der Waals surface area contributed by atoms with Crippen molar-refractivity contribution in [2.75, 3.05) is 36.5 Å². The molecule has 5 N–H and O–H groups in total. The number of amides is 1. The number of rotatable bonds is 10. The molecule has 33 heavy (non-hydrogen) atoms. The summed E-state index contributed by atoms with van der Waals surface area (Å²) in [5.74, 6) is 1.93. The summed E-state index contributed by atoms with van der Waals surface area (Å²) >= 11 is 3.14. The molecule has 172 valence electrons. The number of hydrogen-bond acceptors (Lipinski definition) is 11. The third-order valence-corrected chi connectivity index (χ3v) is 6.42. The van der Waals surface area contributed by atoms with Gasteiger partial charge in [-0.1, -0.05) is 24.8 Å². The van der Waals surface area contributed by atoms with Crippen molar-refractivity contribution in [1.29, 1.82) is 0 Å². The smallest absolute Gasteiger partial charge is 0.251 e. The molecule has 4 rings (SSSR count). The lowest BCUT2D eigenvalue weighted by molar-refractivity contribution is 0.0959. The third kappa shape index (κ3) is 6.11. The number of hydrogen-bond donors (Lipinski definition) is 5. The zero-order chi connectivity index (χ0) is 23.2. The van der Waals surface area contributed by atoms with E-state index in [-0.39, 0.29) is 12.5 Å². The van der Waals surface area contributed by atoms with Gasteiger partial charge in [-0.05, 0) is 30.4 Å². The van der Waals surface area contributed by atoms with Crippen LogP contribution in [0.1, 0.15) is 17.3 Å². The summed E-state index contributed by atoms with van der Waals surface area (Å²) in [6, 6.07) is 5.49. The van der Waals surface area contributed by atoms with Crippen molar-refractivity contribution < 1.29 is 4.79 Å². The number of hydrazine groups is 1. The molecule has 2 aromatic heterocycles. The van der Waals surface area contributed by atoms with Crippen LogP contribution in [-0.4, -0.2) is 52.6 Å². The van der Waals surface area contributed by atoms with Gasteiger partial charge in [-0.2, -0.15) is 0 Å². The molecule has 0 bridgehead atoms. The highest BCUT2D eigenvalue weighted by Gasteiger charge is 2.13. The maximum atomic E-state index is 12.5. The number of fused-ring (bicyclic) bond motifs is 1. The topological polar surface area (TPSA) is 128 Å². The fourth-order valence-electron chi connectivity index (χ4n) is 2.97. The fraction of sp³-hybridized carbons (Fsp3) is 0.286. The van der Waals surface area contributed by atoms with Crippen molar-refractivity contribution in [2.45, 2.75) is 11.8 Å². The van der Waals surface area contributed by atoms with Gasteiger partial charge in [0.2, 0.25) is 5.95 Å². The van der Waals surface area contributed by atoms with Gasteiger partial charge in [0, 0.05) is 35.9 Å². The molecular weight excluding hydrogens is 458 g/mol. The first-order valence-corrected chi connectivity index (χ1v) is 12.4. The van der Waals surface area contributed by atoms with Crippen molar-refractivity contribution in [1.82, 2.24) is 31.1 Å². The minimum absolute atomic E-state index is 0.172. The molecule has 10 nitrogen and oxygen atoms in total. The Hall–Kier alpha value is -3.38. The van der Waals surface area contributed by atoms with E-state index in [9.17, 15) is 4.79 Å². The average molecular weight is 484 g/mol. The van der Waals surface area contributed by atoms with Crippen LogP contribution in [0.3, 0.4) is 0 Å². The Bertz CT molecular complexity index is 1180. The van der Waals surface area contributed by atoms with Crippen molar-refractivity contribution >= 4 is 56.1 Å². The van der Waals surface area contributed by atoms with E-state index in [1.165, 1.54) is 11.3 Å². The number of aliphatic imine (C=N–C) groups is 1. The van der Waals surface area contributed by atoms with E-state index in [0.29, 0.717) is 29.1 Å². The van der Waals surface area contributed by atoms with E-state index >= 15 is 0 Å². The number of thioether (sulfide) groups is 1. The molecular formula is C21H25N9OS2. The van der Waals surface area contributed by atoms with E-state index in [0.717, 1.165) is 33.3 Å². The summed E-state index contributed by atoms with van der Waals surface area (Å²) in [6.07, 6.45) is 5.62. The van der Waals surface area contributed by atoms with Gasteiger partial charge in [0.05, 0.1) is 16.8 Å². The summed E-state index contributed by atoms with van der Waals surface area (Å²) in [6.45, 7) is 7.60. The summed E-state index contributed by atoms with van der Waals surface area (Å²) in [4.78, 5) is 30.9. The Morgan fingerprint density at radius 3 is 2.73 bits per heavy atom. The largest absolute Gasteiger partial charge is 0.361 e. The maximum absolute atomic E-state index is 12.5. The highest BCUT2D eigenvalue weighted by Crippen LogP contribution is 2.27. The molecule has 0 aliphatic carbocycles. The Morgan fingerprint density at radius 1 is 1.21 bits per heavy atom. The average Bonchev–Trinajstić information content (AvgIpc) is 3.44. The molecule has 0 radical (unpaired) electrons. The normalized spacial score (nSPS) is 13.8. The van der Waals surface area contributed by atoms with E-state index in [4.69, 9.17) is 0 Å². The second-order valence-corrected chi connectivity index (χ2v) is 9.36. The Kier molecular flexibility index (Phi) is 7.25. The monoisotopic (exact) mass is 483 g/mol. The Labute approximate surface area is 199 Å². The van der Waals surface area contributed by atoms with Crippen LogP contribution < -0.4 is 26.8 Å². The molecule has 3 aromatic rings. The van der Waals surface area contributed by atoms with Gasteiger partial charge in [0.1, 0.15) is 11.7 Å². The molecule has 1 aromatic carbocycles. The second-order valence-electron chi connectivity index (χ2n) is 7.45. The molecule has 1 aliphatic rings. The first-order chi connectivity index (χ1) is 16.0. The number of anilines is 2. The van der Waals surface area contributed by atoms with Crippen molar-refractivity contribution in [2.24, 2.45) is 10.9 Å². The highest BCUT2D eigenvalue weighted by atomic mass is 32.2. The van der Waals surface area contributed by atoms with Crippen LogP contribution in [0.4, 0.5) is 11.1 Å². The number of carbonyl (C=O) groups is 1. The van der Waals surface area contributed by atoms with Crippen molar-refractivity contribution in [3.8, 4) is 0 Å². The Balaban J connectivity index is 1.28. The van der Waals surface area contributed by atoms with Crippen LogP contribution >= 0.6 is 23.1 Å². The van der Waals surface area contributed by atoms with Gasteiger partial charge in [-0.25, -0.2) is 19.9 Å². The maximum Gasteiger partial charge on any atom is 0.251 e. The lowest BCUT2D eigenvalue weighted by Gasteiger charge is -2.13. The summed E-state index contributed by atoms with van der Waals surface area (Å²) in [7, 11) is 0. The van der Waals surface area contributed by atoms with Gasteiger partial charge in [-0.3, -0.25) is 15.6 Å². The van der Waals surface area contributed by atoms with E-state index in [2.05, 4.69) is 60.2 Å². The molecule has 0 fully saturated rings. The first kappa shape index (κ1) is 22.8. The molecule has 0 saturated carbocycles. The van der Waals surface area contributed by atoms with Crippen LogP contribution in [0, 0.1) is 5.92 Å². The van der Waals surface area contributed by atoms with Gasteiger partial charge >= 0.3 is 0 Å². The standard InChI is InChI=1S/C21H25N9OS2/c1-12(7-23-20-24-9-15(32-3)10-25-20)8-26-21-28-16-5-4-14(6-17(16)33-21)19(31)22-11-18-27-13(2)29-30-18/h4-6,9-10,12,29H,2,7-8,11H2,1,3H3,(H,22,31)(H,26,28)(H,27,30)(H,23,24,25)/t12-/m0/s1. The molecule has 0 unspecified atom stereocenters. The molecule has 1 aliphatic heterocycles. The van der Waals surface area contributed by atoms with E-state index in [1.54, 1.807) is 17.8 Å². The summed E-state index contributed by atoms with van der Waals surface area (Å²) < 4.78 is 0.949. The molecule has 12 heteroatoms. The molecule has 0 saturated heterocycles. The minimum Gasteiger partial charge on any atom is -0.361 e. The predicted octanol–water partition coefficient (Wildman–Crippen LogP) is 2.68. The number of nitrogens with zero attached hydrogens (tertiary/aromatic N) is 4. The van der Waals surface area contributed by atoms with E-state index < -0.39 is 0 Å². The molecule has 1 atom stereocenters. The lowest BCUT2D eigenvalue weighted by atomic mass is 10.2. The lowest BCUT2D eigenvalue weighted by Crippen LogP contribution is -2.38. The van der Waals surface area contributed by atoms with Crippen molar-refractivity contribution in [3.63, 3.8) is 0 Å². The minimum atomic E-state index is -0.172. The zero-order valence-electron chi connectivity index (χ0n) is 18.3. The van der Waals surface area contributed by atoms with Gasteiger partial charge in [0.15, 0.2) is 5.13 Å². The van der Waals surface area contributed by atoms with Crippen LogP contribution in [0.2, 0.25) is 0 Å². The number of benzene rings is 1. The Morgan fingerprint density at radius 2 is 2.00 bits per heavy atom. The number of thiazole rings is 1. The van der Waals surface area contributed by atoms with Crippen LogP contribution in [-0.2, 0) is 0 Å². The third-order valence-electron chi connectivity index (χ3n) is 4.76. The fourth-order valence-corrected chi connectivity index (χ4v) is 4.19. The molecule has 3 heterocycles. The van der Waals surface area contributed by atoms with Crippen molar-refractivity contribution in [3.05, 3.63) is 48.6 Å². The van der Waals surface area contributed by atoms with E-state index in [1.807, 2.05) is 30.8 Å². The predicted molar refractivity (Wildman–Crippen MR) is 135 cm³/mol. The first-order valence-electron chi connectivity index (χ1n) is 10.3. The van der Waals surface area contributed by atoms with Crippen LogP contribution in [0.5, 0.6) is 0 Å². The molecule has 0 spiro atoms. The van der Waals surface area contributed by atoms with Gasteiger partial charge < -0.3 is 16.0 Å².